The highest BCUT2D eigenvalue weighted by Crippen LogP contribution is 2.36. The van der Waals surface area contributed by atoms with E-state index in [-0.39, 0.29) is 17.9 Å². The van der Waals surface area contributed by atoms with Gasteiger partial charge in [0.05, 0.1) is 11.7 Å². The summed E-state index contributed by atoms with van der Waals surface area (Å²) in [5.41, 5.74) is 0.945. The summed E-state index contributed by atoms with van der Waals surface area (Å²) in [5.74, 6) is 1.79. The fourth-order valence-electron chi connectivity index (χ4n) is 4.74. The van der Waals surface area contributed by atoms with E-state index in [1.165, 1.54) is 25.7 Å². The molecule has 1 atom stereocenters. The summed E-state index contributed by atoms with van der Waals surface area (Å²) in [4.78, 5) is 28.3. The summed E-state index contributed by atoms with van der Waals surface area (Å²) in [6.45, 7) is 2.37. The van der Waals surface area contributed by atoms with Gasteiger partial charge in [-0.05, 0) is 68.4 Å². The molecule has 1 aromatic heterocycles. The lowest BCUT2D eigenvalue weighted by Gasteiger charge is -2.34. The van der Waals surface area contributed by atoms with Crippen LogP contribution < -0.4 is 10.6 Å². The zero-order chi connectivity index (χ0) is 19.1. The highest BCUT2D eigenvalue weighted by molar-refractivity contribution is 5.76. The molecule has 2 fully saturated rings. The zero-order valence-electron chi connectivity index (χ0n) is 16.5. The molecule has 2 amide bonds. The van der Waals surface area contributed by atoms with Gasteiger partial charge in [-0.15, -0.1) is 0 Å². The molecule has 2 saturated carbocycles. The minimum absolute atomic E-state index is 0.00745. The molecular weight excluding hydrogens is 338 g/mol. The van der Waals surface area contributed by atoms with Gasteiger partial charge in [0.1, 0.15) is 0 Å². The van der Waals surface area contributed by atoms with Crippen molar-refractivity contribution in [2.45, 2.75) is 70.8 Å². The van der Waals surface area contributed by atoms with E-state index in [1.807, 2.05) is 18.2 Å². The second-order valence-corrected chi connectivity index (χ2v) is 8.37. The van der Waals surface area contributed by atoms with E-state index in [9.17, 15) is 9.59 Å². The van der Waals surface area contributed by atoms with Crippen LogP contribution in [0.2, 0.25) is 0 Å². The normalized spacial score (nSPS) is 24.3. The minimum Gasteiger partial charge on any atom is -0.356 e. The summed E-state index contributed by atoms with van der Waals surface area (Å²) < 4.78 is 0. The van der Waals surface area contributed by atoms with E-state index >= 15 is 0 Å². The molecule has 148 valence electrons. The van der Waals surface area contributed by atoms with Gasteiger partial charge in [-0.1, -0.05) is 18.9 Å². The van der Waals surface area contributed by atoms with Crippen LogP contribution in [0.5, 0.6) is 0 Å². The van der Waals surface area contributed by atoms with Crippen molar-refractivity contribution in [3.63, 3.8) is 0 Å². The van der Waals surface area contributed by atoms with Gasteiger partial charge in [0.15, 0.2) is 0 Å². The first-order chi connectivity index (χ1) is 13.1. The molecule has 1 heterocycles. The van der Waals surface area contributed by atoms with Crippen molar-refractivity contribution >= 4 is 11.8 Å². The molecule has 0 radical (unpaired) electrons. The van der Waals surface area contributed by atoms with Crippen LogP contribution in [0.15, 0.2) is 24.4 Å². The molecule has 1 aromatic rings. The summed E-state index contributed by atoms with van der Waals surface area (Å²) in [6, 6.07) is 5.86. The van der Waals surface area contributed by atoms with Crippen LogP contribution in [0.25, 0.3) is 0 Å². The van der Waals surface area contributed by atoms with E-state index in [0.29, 0.717) is 24.2 Å². The molecular formula is C22H33N3O2. The van der Waals surface area contributed by atoms with Crippen molar-refractivity contribution in [2.75, 3.05) is 6.54 Å². The van der Waals surface area contributed by atoms with Crippen molar-refractivity contribution in [1.82, 2.24) is 15.6 Å². The van der Waals surface area contributed by atoms with Gasteiger partial charge >= 0.3 is 0 Å². The first kappa shape index (κ1) is 19.8. The molecule has 2 aliphatic rings. The number of aromatic nitrogens is 1. The highest BCUT2D eigenvalue weighted by atomic mass is 16.2. The molecule has 5 heteroatoms. The third kappa shape index (κ3) is 6.05. The average molecular weight is 372 g/mol. The van der Waals surface area contributed by atoms with Crippen LogP contribution >= 0.6 is 0 Å². The second-order valence-electron chi connectivity index (χ2n) is 8.37. The predicted octanol–water partition coefficient (Wildman–Crippen LogP) is 3.76. The Morgan fingerprint density at radius 1 is 1.07 bits per heavy atom. The van der Waals surface area contributed by atoms with Gasteiger partial charge in [0.25, 0.3) is 0 Å². The van der Waals surface area contributed by atoms with Crippen LogP contribution in [0.4, 0.5) is 0 Å². The molecule has 27 heavy (non-hydrogen) atoms. The van der Waals surface area contributed by atoms with E-state index < -0.39 is 0 Å². The molecule has 0 bridgehead atoms. The maximum atomic E-state index is 12.2. The van der Waals surface area contributed by atoms with Crippen molar-refractivity contribution in [3.8, 4) is 0 Å². The quantitative estimate of drug-likeness (QED) is 0.766. The number of nitrogens with zero attached hydrogens (tertiary/aromatic N) is 1. The Hall–Kier alpha value is -1.91. The van der Waals surface area contributed by atoms with Crippen LogP contribution in [-0.4, -0.2) is 23.3 Å². The summed E-state index contributed by atoms with van der Waals surface area (Å²) in [6.07, 6.45) is 11.8. The maximum Gasteiger partial charge on any atom is 0.220 e. The molecule has 2 N–H and O–H groups in total. The molecule has 0 spiro atoms. The van der Waals surface area contributed by atoms with E-state index in [0.717, 1.165) is 37.9 Å². The van der Waals surface area contributed by atoms with Crippen molar-refractivity contribution < 1.29 is 9.59 Å². The van der Waals surface area contributed by atoms with Crippen molar-refractivity contribution in [1.29, 1.82) is 0 Å². The molecule has 3 rings (SSSR count). The molecule has 0 unspecified atom stereocenters. The lowest BCUT2D eigenvalue weighted by molar-refractivity contribution is -0.122. The van der Waals surface area contributed by atoms with E-state index in [4.69, 9.17) is 0 Å². The monoisotopic (exact) mass is 371 g/mol. The fourth-order valence-corrected chi connectivity index (χ4v) is 4.74. The second kappa shape index (κ2) is 9.86. The third-order valence-corrected chi connectivity index (χ3v) is 6.26. The molecule has 0 aliphatic heterocycles. The Balaban J connectivity index is 1.45. The van der Waals surface area contributed by atoms with Gasteiger partial charge in [-0.3, -0.25) is 14.6 Å². The van der Waals surface area contributed by atoms with Gasteiger partial charge in [-0.25, -0.2) is 0 Å². The molecule has 2 aliphatic carbocycles. The highest BCUT2D eigenvalue weighted by Gasteiger charge is 2.30. The number of hydrogen-bond donors (Lipinski definition) is 2. The maximum absolute atomic E-state index is 12.2. The first-order valence-electron chi connectivity index (χ1n) is 10.6. The summed E-state index contributed by atoms with van der Waals surface area (Å²) in [5, 5.41) is 6.27. The first-order valence-corrected chi connectivity index (χ1v) is 10.6. The Kier molecular flexibility index (Phi) is 7.25. The average Bonchev–Trinajstić information content (AvgIpc) is 3.18. The number of hydrogen-bond acceptors (Lipinski definition) is 3. The number of amides is 2. The Morgan fingerprint density at radius 2 is 1.81 bits per heavy atom. The summed E-state index contributed by atoms with van der Waals surface area (Å²) in [7, 11) is 0. The van der Waals surface area contributed by atoms with Crippen LogP contribution in [-0.2, 0) is 9.59 Å². The van der Waals surface area contributed by atoms with Gasteiger partial charge in [0.2, 0.25) is 11.8 Å². The van der Waals surface area contributed by atoms with Crippen molar-refractivity contribution in [3.05, 3.63) is 30.1 Å². The molecule has 0 aromatic carbocycles. The number of carbonyl (C=O) groups excluding carboxylic acids is 2. The number of nitrogens with one attached hydrogen (secondary N) is 2. The van der Waals surface area contributed by atoms with Gasteiger partial charge in [-0.2, -0.15) is 0 Å². The SMILES string of the molecule is CC(=O)N[C@@H](c1ccccn1)C1CCC(CNC(=O)CC2CCCC2)CC1. The van der Waals surface area contributed by atoms with E-state index in [2.05, 4.69) is 15.6 Å². The Bertz CT molecular complexity index is 605. The predicted molar refractivity (Wildman–Crippen MR) is 106 cm³/mol. The molecule has 0 saturated heterocycles. The van der Waals surface area contributed by atoms with Gasteiger partial charge < -0.3 is 10.6 Å². The number of carbonyl (C=O) groups is 2. The third-order valence-electron chi connectivity index (χ3n) is 6.26. The lowest BCUT2D eigenvalue weighted by atomic mass is 9.77. The fraction of sp³-hybridized carbons (Fsp3) is 0.682. The topological polar surface area (TPSA) is 71.1 Å². The largest absolute Gasteiger partial charge is 0.356 e. The van der Waals surface area contributed by atoms with Gasteiger partial charge in [0, 0.05) is 26.1 Å². The van der Waals surface area contributed by atoms with E-state index in [1.54, 1.807) is 13.1 Å². The zero-order valence-corrected chi connectivity index (χ0v) is 16.5. The Labute approximate surface area is 162 Å². The number of pyridine rings is 1. The standard InChI is InChI=1S/C22H33N3O2/c1-16(26)25-22(20-8-4-5-13-23-20)19-11-9-18(10-12-19)15-24-21(27)14-17-6-2-3-7-17/h4-5,8,13,17-19,22H,2-3,6-7,9-12,14-15H2,1H3,(H,24,27)(H,25,26)/t18?,19?,22-/m1/s1. The van der Waals surface area contributed by atoms with Crippen LogP contribution in [0.3, 0.4) is 0 Å². The lowest BCUT2D eigenvalue weighted by Crippen LogP contribution is -2.36. The number of rotatable bonds is 7. The molecule has 5 nitrogen and oxygen atoms in total. The van der Waals surface area contributed by atoms with Crippen molar-refractivity contribution in [2.24, 2.45) is 17.8 Å². The summed E-state index contributed by atoms with van der Waals surface area (Å²) >= 11 is 0. The minimum atomic E-state index is -0.0124. The van der Waals surface area contributed by atoms with Crippen LogP contribution in [0, 0.1) is 17.8 Å². The van der Waals surface area contributed by atoms with Crippen LogP contribution in [0.1, 0.15) is 76.4 Å². The smallest absolute Gasteiger partial charge is 0.220 e. The Morgan fingerprint density at radius 3 is 2.44 bits per heavy atom.